The van der Waals surface area contributed by atoms with E-state index in [1.165, 1.54) is 16.9 Å². The lowest BCUT2D eigenvalue weighted by Crippen LogP contribution is -2.02. The third kappa shape index (κ3) is 5.33. The number of rotatable bonds is 9. The zero-order valence-corrected chi connectivity index (χ0v) is 13.0. The summed E-state index contributed by atoms with van der Waals surface area (Å²) in [7, 11) is 1.70. The molecule has 1 aromatic carbocycles. The van der Waals surface area contributed by atoms with E-state index in [1.54, 1.807) is 7.11 Å². The fourth-order valence-electron chi connectivity index (χ4n) is 1.96. The molecule has 0 bridgehead atoms. The Bertz CT molecular complexity index is 532. The van der Waals surface area contributed by atoms with Crippen LogP contribution in [0.4, 0.5) is 0 Å². The van der Waals surface area contributed by atoms with E-state index in [1.807, 2.05) is 41.8 Å². The number of methoxy groups -OCH3 is 1. The standard InChI is InChI=1S/C17H20O3S/c1-19-12-10-14-6-8-15(9-7-14)20-11-2-4-16(18)17-5-3-13-21-17/h3,5-9,13H,2,4,10-12H2,1H3. The highest BCUT2D eigenvalue weighted by molar-refractivity contribution is 7.12. The van der Waals surface area contributed by atoms with Gasteiger partial charge >= 0.3 is 0 Å². The molecule has 0 N–H and O–H groups in total. The van der Waals surface area contributed by atoms with Crippen molar-refractivity contribution in [3.63, 3.8) is 0 Å². The van der Waals surface area contributed by atoms with Gasteiger partial charge in [-0.2, -0.15) is 0 Å². The topological polar surface area (TPSA) is 35.5 Å². The van der Waals surface area contributed by atoms with Crippen molar-refractivity contribution in [3.8, 4) is 5.75 Å². The Balaban J connectivity index is 1.67. The molecule has 1 heterocycles. The number of hydrogen-bond donors (Lipinski definition) is 0. The molecule has 21 heavy (non-hydrogen) atoms. The monoisotopic (exact) mass is 304 g/mol. The van der Waals surface area contributed by atoms with Gasteiger partial charge in [0, 0.05) is 13.5 Å². The molecular formula is C17H20O3S. The molecule has 0 radical (unpaired) electrons. The van der Waals surface area contributed by atoms with Crippen LogP contribution in [0, 0.1) is 0 Å². The largest absolute Gasteiger partial charge is 0.494 e. The number of hydrogen-bond acceptors (Lipinski definition) is 4. The van der Waals surface area contributed by atoms with Gasteiger partial charge in [-0.15, -0.1) is 11.3 Å². The Kier molecular flexibility index (Phi) is 6.44. The maximum absolute atomic E-state index is 11.8. The number of carbonyl (C=O) groups excluding carboxylic acids is 1. The summed E-state index contributed by atoms with van der Waals surface area (Å²) in [6, 6.07) is 11.8. The summed E-state index contributed by atoms with van der Waals surface area (Å²) >= 11 is 1.49. The van der Waals surface area contributed by atoms with Gasteiger partial charge in [-0.05, 0) is 42.0 Å². The van der Waals surface area contributed by atoms with Crippen molar-refractivity contribution in [2.24, 2.45) is 0 Å². The normalized spacial score (nSPS) is 10.5. The predicted molar refractivity (Wildman–Crippen MR) is 85.4 cm³/mol. The van der Waals surface area contributed by atoms with E-state index >= 15 is 0 Å². The second kappa shape index (κ2) is 8.60. The lowest BCUT2D eigenvalue weighted by Gasteiger charge is -2.07. The van der Waals surface area contributed by atoms with Crippen LogP contribution in [0.5, 0.6) is 5.75 Å². The van der Waals surface area contributed by atoms with Crippen LogP contribution in [-0.2, 0) is 11.2 Å². The summed E-state index contributed by atoms with van der Waals surface area (Å²) < 4.78 is 10.7. The number of benzene rings is 1. The molecule has 1 aromatic heterocycles. The van der Waals surface area contributed by atoms with Crippen LogP contribution < -0.4 is 4.74 Å². The van der Waals surface area contributed by atoms with Crippen molar-refractivity contribution in [1.82, 2.24) is 0 Å². The van der Waals surface area contributed by atoms with E-state index in [2.05, 4.69) is 0 Å². The third-order valence-corrected chi connectivity index (χ3v) is 4.04. The Morgan fingerprint density at radius 1 is 1.14 bits per heavy atom. The van der Waals surface area contributed by atoms with Crippen LogP contribution in [0.3, 0.4) is 0 Å². The zero-order chi connectivity index (χ0) is 14.9. The van der Waals surface area contributed by atoms with Crippen molar-refractivity contribution in [3.05, 3.63) is 52.2 Å². The van der Waals surface area contributed by atoms with Gasteiger partial charge in [0.1, 0.15) is 5.75 Å². The maximum Gasteiger partial charge on any atom is 0.172 e. The van der Waals surface area contributed by atoms with Crippen LogP contribution in [0.15, 0.2) is 41.8 Å². The van der Waals surface area contributed by atoms with Crippen LogP contribution in [0.25, 0.3) is 0 Å². The Labute approximate surface area is 129 Å². The average molecular weight is 304 g/mol. The third-order valence-electron chi connectivity index (χ3n) is 3.13. The quantitative estimate of drug-likeness (QED) is 0.519. The lowest BCUT2D eigenvalue weighted by molar-refractivity contribution is 0.0977. The molecule has 0 saturated heterocycles. The predicted octanol–water partition coefficient (Wildman–Crippen LogP) is 3.98. The lowest BCUT2D eigenvalue weighted by atomic mass is 10.1. The summed E-state index contributed by atoms with van der Waals surface area (Å²) in [5.41, 5.74) is 1.23. The minimum Gasteiger partial charge on any atom is -0.494 e. The summed E-state index contributed by atoms with van der Waals surface area (Å²) in [6.07, 6.45) is 2.18. The fourth-order valence-corrected chi connectivity index (χ4v) is 2.65. The van der Waals surface area contributed by atoms with Crippen molar-refractivity contribution in [1.29, 1.82) is 0 Å². The minimum absolute atomic E-state index is 0.198. The summed E-state index contributed by atoms with van der Waals surface area (Å²) in [5.74, 6) is 1.04. The van der Waals surface area contributed by atoms with Gasteiger partial charge in [0.25, 0.3) is 0 Å². The molecule has 3 nitrogen and oxygen atoms in total. The molecule has 0 aliphatic carbocycles. The number of ketones is 1. The Morgan fingerprint density at radius 2 is 1.95 bits per heavy atom. The number of ether oxygens (including phenoxy) is 2. The Morgan fingerprint density at radius 3 is 2.62 bits per heavy atom. The van der Waals surface area contributed by atoms with E-state index in [0.717, 1.165) is 30.1 Å². The average Bonchev–Trinajstić information content (AvgIpc) is 3.05. The number of thiophene rings is 1. The van der Waals surface area contributed by atoms with E-state index in [-0.39, 0.29) is 5.78 Å². The van der Waals surface area contributed by atoms with Gasteiger partial charge in [-0.3, -0.25) is 4.79 Å². The van der Waals surface area contributed by atoms with E-state index in [0.29, 0.717) is 13.0 Å². The highest BCUT2D eigenvalue weighted by Crippen LogP contribution is 2.15. The maximum atomic E-state index is 11.8. The van der Waals surface area contributed by atoms with E-state index in [4.69, 9.17) is 9.47 Å². The molecule has 0 aliphatic heterocycles. The van der Waals surface area contributed by atoms with Gasteiger partial charge in [0.15, 0.2) is 5.78 Å². The molecular weight excluding hydrogens is 284 g/mol. The molecule has 0 atom stereocenters. The Hall–Kier alpha value is -1.65. The first-order valence-corrected chi connectivity index (χ1v) is 7.95. The van der Waals surface area contributed by atoms with Gasteiger partial charge in [0.05, 0.1) is 18.1 Å². The molecule has 2 rings (SSSR count). The SMILES string of the molecule is COCCc1ccc(OCCCC(=O)c2cccs2)cc1. The van der Waals surface area contributed by atoms with E-state index in [9.17, 15) is 4.79 Å². The second-order valence-electron chi connectivity index (χ2n) is 4.74. The smallest absolute Gasteiger partial charge is 0.172 e. The molecule has 0 unspecified atom stereocenters. The molecule has 0 amide bonds. The highest BCUT2D eigenvalue weighted by Gasteiger charge is 2.06. The summed E-state index contributed by atoms with van der Waals surface area (Å²) in [6.45, 7) is 1.29. The molecule has 0 aliphatic rings. The molecule has 0 spiro atoms. The number of Topliss-reactive ketones (excluding diaryl/α,β-unsaturated/α-hetero) is 1. The van der Waals surface area contributed by atoms with Crippen LogP contribution in [0.2, 0.25) is 0 Å². The van der Waals surface area contributed by atoms with Crippen LogP contribution in [-0.4, -0.2) is 26.1 Å². The molecule has 0 fully saturated rings. The first-order valence-electron chi connectivity index (χ1n) is 7.07. The number of carbonyl (C=O) groups is 1. The fraction of sp³-hybridized carbons (Fsp3) is 0.353. The first-order chi connectivity index (χ1) is 10.3. The summed E-state index contributed by atoms with van der Waals surface area (Å²) in [4.78, 5) is 12.6. The van der Waals surface area contributed by atoms with E-state index < -0.39 is 0 Å². The van der Waals surface area contributed by atoms with Gasteiger partial charge in [-0.1, -0.05) is 18.2 Å². The zero-order valence-electron chi connectivity index (χ0n) is 12.2. The van der Waals surface area contributed by atoms with Crippen LogP contribution >= 0.6 is 11.3 Å². The first kappa shape index (κ1) is 15.7. The highest BCUT2D eigenvalue weighted by atomic mass is 32.1. The van der Waals surface area contributed by atoms with Gasteiger partial charge < -0.3 is 9.47 Å². The second-order valence-corrected chi connectivity index (χ2v) is 5.69. The van der Waals surface area contributed by atoms with Gasteiger partial charge in [-0.25, -0.2) is 0 Å². The van der Waals surface area contributed by atoms with Gasteiger partial charge in [0.2, 0.25) is 0 Å². The minimum atomic E-state index is 0.198. The van der Waals surface area contributed by atoms with Crippen molar-refractivity contribution in [2.45, 2.75) is 19.3 Å². The van der Waals surface area contributed by atoms with Crippen molar-refractivity contribution >= 4 is 17.1 Å². The van der Waals surface area contributed by atoms with Crippen LogP contribution in [0.1, 0.15) is 28.1 Å². The van der Waals surface area contributed by atoms with Crippen molar-refractivity contribution in [2.75, 3.05) is 20.3 Å². The molecule has 112 valence electrons. The molecule has 2 aromatic rings. The molecule has 0 saturated carbocycles. The molecule has 4 heteroatoms. The summed E-state index contributed by atoms with van der Waals surface area (Å²) in [5, 5.41) is 1.93. The van der Waals surface area contributed by atoms with Crippen molar-refractivity contribution < 1.29 is 14.3 Å².